The number of fused-ring (bicyclic) bond motifs is 2. The van der Waals surface area contributed by atoms with Gasteiger partial charge in [-0.3, -0.25) is 9.59 Å². The molecular weight excluding hydrogens is 306 g/mol. The van der Waals surface area contributed by atoms with Gasteiger partial charge in [0.05, 0.1) is 6.61 Å². The lowest BCUT2D eigenvalue weighted by Crippen LogP contribution is -2.23. The number of nitrogens with one attached hydrogen (secondary N) is 1. The average molecular weight is 331 g/mol. The third-order valence-corrected chi connectivity index (χ3v) is 5.13. The molecule has 0 aliphatic heterocycles. The second kappa shape index (κ2) is 7.69. The van der Waals surface area contributed by atoms with E-state index in [1.165, 1.54) is 19.3 Å². The molecule has 2 aliphatic carbocycles. The summed E-state index contributed by atoms with van der Waals surface area (Å²) in [7, 11) is 0. The number of esters is 1. The fraction of sp³-hybridized carbons (Fsp3) is 0.579. The Morgan fingerprint density at radius 3 is 2.58 bits per heavy atom. The first-order valence-corrected chi connectivity index (χ1v) is 8.82. The van der Waals surface area contributed by atoms with Crippen molar-refractivity contribution in [3.8, 4) is 5.75 Å². The van der Waals surface area contributed by atoms with Gasteiger partial charge in [-0.15, -0.1) is 0 Å². The molecule has 2 saturated carbocycles. The van der Waals surface area contributed by atoms with E-state index in [0.29, 0.717) is 30.6 Å². The minimum absolute atomic E-state index is 0.229. The number of hydrogen-bond acceptors (Lipinski definition) is 4. The molecule has 5 heteroatoms. The molecule has 1 amide bonds. The maximum Gasteiger partial charge on any atom is 0.306 e. The Bertz CT molecular complexity index is 584. The van der Waals surface area contributed by atoms with Crippen LogP contribution in [-0.4, -0.2) is 25.1 Å². The molecule has 0 spiro atoms. The van der Waals surface area contributed by atoms with E-state index in [2.05, 4.69) is 5.32 Å². The molecule has 0 saturated heterocycles. The quantitative estimate of drug-likeness (QED) is 0.778. The smallest absolute Gasteiger partial charge is 0.306 e. The summed E-state index contributed by atoms with van der Waals surface area (Å²) in [4.78, 5) is 23.8. The van der Waals surface area contributed by atoms with E-state index in [9.17, 15) is 9.59 Å². The number of benzene rings is 1. The summed E-state index contributed by atoms with van der Waals surface area (Å²) in [5.74, 6) is 2.16. The SMILES string of the molecule is CCOc1ccc(NC(=O)COC(=O)C[C@H]2C[C@@H]3CC[C@@H]2C3)cc1. The number of carbonyl (C=O) groups is 2. The molecule has 5 nitrogen and oxygen atoms in total. The van der Waals surface area contributed by atoms with Crippen LogP contribution in [0, 0.1) is 17.8 Å². The molecule has 3 atom stereocenters. The zero-order chi connectivity index (χ0) is 16.9. The number of amides is 1. The minimum Gasteiger partial charge on any atom is -0.494 e. The summed E-state index contributed by atoms with van der Waals surface area (Å²) >= 11 is 0. The van der Waals surface area contributed by atoms with E-state index in [1.807, 2.05) is 6.92 Å². The summed E-state index contributed by atoms with van der Waals surface area (Å²) in [5.41, 5.74) is 0.660. The summed E-state index contributed by atoms with van der Waals surface area (Å²) < 4.78 is 10.5. The van der Waals surface area contributed by atoms with Crippen molar-refractivity contribution in [2.24, 2.45) is 17.8 Å². The molecule has 3 rings (SSSR count). The van der Waals surface area contributed by atoms with Crippen LogP contribution in [0.3, 0.4) is 0 Å². The number of rotatable bonds is 7. The highest BCUT2D eigenvalue weighted by Crippen LogP contribution is 2.49. The Morgan fingerprint density at radius 1 is 1.17 bits per heavy atom. The van der Waals surface area contributed by atoms with E-state index < -0.39 is 0 Å². The van der Waals surface area contributed by atoms with Gasteiger partial charge in [0.2, 0.25) is 0 Å². The van der Waals surface area contributed by atoms with Crippen LogP contribution in [0.5, 0.6) is 5.75 Å². The molecule has 2 aliphatic rings. The molecule has 1 aromatic rings. The maximum atomic E-state index is 11.9. The van der Waals surface area contributed by atoms with Crippen LogP contribution in [0.4, 0.5) is 5.69 Å². The highest BCUT2D eigenvalue weighted by atomic mass is 16.5. The Hall–Kier alpha value is -2.04. The Kier molecular flexibility index (Phi) is 5.38. The molecule has 1 N–H and O–H groups in total. The zero-order valence-electron chi connectivity index (χ0n) is 14.1. The average Bonchev–Trinajstić information content (AvgIpc) is 3.18. The first-order chi connectivity index (χ1) is 11.6. The van der Waals surface area contributed by atoms with Crippen LogP contribution < -0.4 is 10.1 Å². The van der Waals surface area contributed by atoms with Crippen molar-refractivity contribution >= 4 is 17.6 Å². The third kappa shape index (κ3) is 4.28. The Labute approximate surface area is 142 Å². The second-order valence-corrected chi connectivity index (χ2v) is 6.81. The van der Waals surface area contributed by atoms with Crippen molar-refractivity contribution in [2.45, 2.75) is 39.0 Å². The molecule has 2 bridgehead atoms. The van der Waals surface area contributed by atoms with Crippen LogP contribution in [0.15, 0.2) is 24.3 Å². The molecule has 0 heterocycles. The van der Waals surface area contributed by atoms with E-state index >= 15 is 0 Å². The highest BCUT2D eigenvalue weighted by molar-refractivity contribution is 5.92. The van der Waals surface area contributed by atoms with Gasteiger partial charge >= 0.3 is 5.97 Å². The fourth-order valence-electron chi connectivity index (χ4n) is 4.04. The van der Waals surface area contributed by atoms with Gasteiger partial charge < -0.3 is 14.8 Å². The van der Waals surface area contributed by atoms with Crippen molar-refractivity contribution in [3.05, 3.63) is 24.3 Å². The first kappa shape index (κ1) is 16.8. The Balaban J connectivity index is 1.38. The summed E-state index contributed by atoms with van der Waals surface area (Å²) in [6, 6.07) is 7.11. The lowest BCUT2D eigenvalue weighted by molar-refractivity contribution is -0.148. The van der Waals surface area contributed by atoms with Gasteiger partial charge in [-0.25, -0.2) is 0 Å². The fourth-order valence-corrected chi connectivity index (χ4v) is 4.04. The monoisotopic (exact) mass is 331 g/mol. The van der Waals surface area contributed by atoms with Crippen molar-refractivity contribution < 1.29 is 19.1 Å². The van der Waals surface area contributed by atoms with Gasteiger partial charge in [-0.05, 0) is 68.2 Å². The van der Waals surface area contributed by atoms with Crippen LogP contribution in [0.1, 0.15) is 39.0 Å². The lowest BCUT2D eigenvalue weighted by Gasteiger charge is -2.20. The minimum atomic E-state index is -0.319. The number of hydrogen-bond donors (Lipinski definition) is 1. The lowest BCUT2D eigenvalue weighted by atomic mass is 9.86. The molecule has 130 valence electrons. The summed E-state index contributed by atoms with van der Waals surface area (Å²) in [5, 5.41) is 2.72. The van der Waals surface area contributed by atoms with Gasteiger partial charge in [0.1, 0.15) is 5.75 Å². The molecule has 2 fully saturated rings. The maximum absolute atomic E-state index is 11.9. The molecule has 24 heavy (non-hydrogen) atoms. The molecule has 0 unspecified atom stereocenters. The summed E-state index contributed by atoms with van der Waals surface area (Å²) in [6.07, 6.45) is 5.45. The first-order valence-electron chi connectivity index (χ1n) is 8.82. The van der Waals surface area contributed by atoms with Gasteiger partial charge in [-0.1, -0.05) is 6.42 Å². The molecule has 0 aromatic heterocycles. The van der Waals surface area contributed by atoms with E-state index in [1.54, 1.807) is 24.3 Å². The van der Waals surface area contributed by atoms with E-state index in [-0.39, 0.29) is 18.5 Å². The van der Waals surface area contributed by atoms with Gasteiger partial charge in [-0.2, -0.15) is 0 Å². The van der Waals surface area contributed by atoms with Gasteiger partial charge in [0, 0.05) is 12.1 Å². The van der Waals surface area contributed by atoms with Crippen LogP contribution in [0.2, 0.25) is 0 Å². The largest absolute Gasteiger partial charge is 0.494 e. The number of anilines is 1. The summed E-state index contributed by atoms with van der Waals surface area (Å²) in [6.45, 7) is 2.29. The van der Waals surface area contributed by atoms with Crippen LogP contribution in [0.25, 0.3) is 0 Å². The standard InChI is InChI=1S/C19H25NO4/c1-2-23-17-7-5-16(6-8-17)20-18(21)12-24-19(22)11-15-10-13-3-4-14(15)9-13/h5-8,13-15H,2-4,9-12H2,1H3,(H,20,21)/t13-,14-,15-/m1/s1. The van der Waals surface area contributed by atoms with Crippen molar-refractivity contribution in [3.63, 3.8) is 0 Å². The molecular formula is C19H25NO4. The van der Waals surface area contributed by atoms with Crippen molar-refractivity contribution in [1.82, 2.24) is 0 Å². The van der Waals surface area contributed by atoms with Gasteiger partial charge in [0.15, 0.2) is 6.61 Å². The van der Waals surface area contributed by atoms with Crippen LogP contribution in [-0.2, 0) is 14.3 Å². The van der Waals surface area contributed by atoms with Crippen molar-refractivity contribution in [2.75, 3.05) is 18.5 Å². The van der Waals surface area contributed by atoms with E-state index in [0.717, 1.165) is 18.1 Å². The highest BCUT2D eigenvalue weighted by Gasteiger charge is 2.40. The third-order valence-electron chi connectivity index (χ3n) is 5.13. The second-order valence-electron chi connectivity index (χ2n) is 6.81. The van der Waals surface area contributed by atoms with Crippen molar-refractivity contribution in [1.29, 1.82) is 0 Å². The van der Waals surface area contributed by atoms with Crippen LogP contribution >= 0.6 is 0 Å². The Morgan fingerprint density at radius 2 is 1.96 bits per heavy atom. The number of carbonyl (C=O) groups excluding carboxylic acids is 2. The molecule has 1 aromatic carbocycles. The predicted octanol–water partition coefficient (Wildman–Crippen LogP) is 3.39. The van der Waals surface area contributed by atoms with Gasteiger partial charge in [0.25, 0.3) is 5.91 Å². The molecule has 0 radical (unpaired) electrons. The predicted molar refractivity (Wildman–Crippen MR) is 90.8 cm³/mol. The van der Waals surface area contributed by atoms with E-state index in [4.69, 9.17) is 9.47 Å². The topological polar surface area (TPSA) is 64.6 Å². The number of ether oxygens (including phenoxy) is 2. The zero-order valence-corrected chi connectivity index (χ0v) is 14.1. The normalized spacial score (nSPS) is 24.6.